The second-order valence-corrected chi connectivity index (χ2v) is 9.33. The minimum atomic E-state index is -0.694. The molecular weight excluding hydrogens is 526 g/mol. The summed E-state index contributed by atoms with van der Waals surface area (Å²) in [7, 11) is 2.88. The van der Waals surface area contributed by atoms with Gasteiger partial charge in [0.25, 0.3) is 0 Å². The van der Waals surface area contributed by atoms with E-state index in [2.05, 4.69) is 32.5 Å². The third-order valence-electron chi connectivity index (χ3n) is 6.60. The second kappa shape index (κ2) is 12.8. The molecule has 2 heterocycles. The van der Waals surface area contributed by atoms with Crippen molar-refractivity contribution in [2.75, 3.05) is 54.7 Å². The summed E-state index contributed by atoms with van der Waals surface area (Å²) in [6, 6.07) is 12.2. The number of aryl methyl sites for hydroxylation is 1. The maximum absolute atomic E-state index is 12.4. The molecule has 0 aliphatic carbocycles. The number of amides is 2. The molecule has 214 valence electrons. The average molecular weight is 560 g/mol. The number of piperazine rings is 1. The Morgan fingerprint density at radius 3 is 2.56 bits per heavy atom. The van der Waals surface area contributed by atoms with E-state index in [1.165, 1.54) is 25.0 Å². The van der Waals surface area contributed by atoms with Gasteiger partial charge < -0.3 is 35.2 Å². The third-order valence-corrected chi connectivity index (χ3v) is 6.60. The van der Waals surface area contributed by atoms with Crippen LogP contribution in [0.4, 0.5) is 34.5 Å². The van der Waals surface area contributed by atoms with Crippen molar-refractivity contribution in [3.8, 4) is 5.75 Å². The minimum Gasteiger partial charge on any atom is -0.494 e. The van der Waals surface area contributed by atoms with Crippen molar-refractivity contribution in [2.45, 2.75) is 19.9 Å². The molecule has 1 saturated heterocycles. The van der Waals surface area contributed by atoms with E-state index in [0.29, 0.717) is 48.5 Å². The number of anilines is 6. The SMILES string of the molecule is C=CC(=O)Nc1cccc(Nc2nc(Nc3ccc(N4CCN(C(C)=O)[C@H](C(=O)OC)C4)cc3OC)ncc2C)c1. The largest absolute Gasteiger partial charge is 0.494 e. The molecule has 41 heavy (non-hydrogen) atoms. The summed E-state index contributed by atoms with van der Waals surface area (Å²) in [4.78, 5) is 48.6. The van der Waals surface area contributed by atoms with Crippen LogP contribution in [0, 0.1) is 6.92 Å². The fraction of sp³-hybridized carbons (Fsp3) is 0.276. The second-order valence-electron chi connectivity index (χ2n) is 9.33. The number of nitrogens with zero attached hydrogens (tertiary/aromatic N) is 4. The molecule has 1 aliphatic heterocycles. The highest BCUT2D eigenvalue weighted by atomic mass is 16.5. The number of esters is 1. The summed E-state index contributed by atoms with van der Waals surface area (Å²) in [6.07, 6.45) is 2.91. The number of hydrogen-bond donors (Lipinski definition) is 3. The molecular formula is C29H33N7O5. The fourth-order valence-corrected chi connectivity index (χ4v) is 4.47. The minimum absolute atomic E-state index is 0.170. The number of ether oxygens (including phenoxy) is 2. The van der Waals surface area contributed by atoms with Gasteiger partial charge in [0.2, 0.25) is 17.8 Å². The van der Waals surface area contributed by atoms with Crippen LogP contribution in [-0.4, -0.2) is 72.5 Å². The predicted octanol–water partition coefficient (Wildman–Crippen LogP) is 3.62. The van der Waals surface area contributed by atoms with E-state index in [9.17, 15) is 14.4 Å². The standard InChI is InChI=1S/C29H33N7O5/c1-6-26(38)31-20-8-7-9-21(14-20)32-27-18(2)16-30-29(34-27)33-23-11-10-22(15-25(23)40-4)35-12-13-36(19(3)37)24(17-35)28(39)41-5/h6-11,14-16,24H,1,12-13,17H2,2-5H3,(H,31,38)(H2,30,32,33,34)/t24-/m0/s1. The molecule has 0 spiro atoms. The van der Waals surface area contributed by atoms with Gasteiger partial charge >= 0.3 is 5.97 Å². The number of methoxy groups -OCH3 is 2. The van der Waals surface area contributed by atoms with E-state index >= 15 is 0 Å². The van der Waals surface area contributed by atoms with Crippen LogP contribution in [0.25, 0.3) is 0 Å². The topological polar surface area (TPSA) is 138 Å². The molecule has 1 aliphatic rings. The van der Waals surface area contributed by atoms with Gasteiger partial charge in [-0.2, -0.15) is 4.98 Å². The lowest BCUT2D eigenvalue weighted by Gasteiger charge is -2.40. The molecule has 12 nitrogen and oxygen atoms in total. The maximum atomic E-state index is 12.4. The molecule has 1 atom stereocenters. The number of hydrogen-bond acceptors (Lipinski definition) is 10. The molecule has 0 unspecified atom stereocenters. The highest BCUT2D eigenvalue weighted by Gasteiger charge is 2.35. The summed E-state index contributed by atoms with van der Waals surface area (Å²) in [6.45, 7) is 8.06. The van der Waals surface area contributed by atoms with E-state index in [0.717, 1.165) is 16.9 Å². The summed E-state index contributed by atoms with van der Waals surface area (Å²) >= 11 is 0. The first kappa shape index (κ1) is 28.9. The van der Waals surface area contributed by atoms with Crippen LogP contribution in [0.1, 0.15) is 12.5 Å². The van der Waals surface area contributed by atoms with Crippen LogP contribution in [0.15, 0.2) is 61.3 Å². The highest BCUT2D eigenvalue weighted by molar-refractivity contribution is 5.99. The fourth-order valence-electron chi connectivity index (χ4n) is 4.47. The number of rotatable bonds is 9. The van der Waals surface area contributed by atoms with Crippen molar-refractivity contribution >= 4 is 52.3 Å². The number of aromatic nitrogens is 2. The molecule has 2 aromatic carbocycles. The smallest absolute Gasteiger partial charge is 0.330 e. The Bertz CT molecular complexity index is 1460. The number of carbonyl (C=O) groups is 3. The predicted molar refractivity (Wildman–Crippen MR) is 157 cm³/mol. The van der Waals surface area contributed by atoms with Crippen LogP contribution >= 0.6 is 0 Å². The quantitative estimate of drug-likeness (QED) is 0.263. The van der Waals surface area contributed by atoms with Crippen molar-refractivity contribution in [1.82, 2.24) is 14.9 Å². The van der Waals surface area contributed by atoms with Crippen molar-refractivity contribution in [2.24, 2.45) is 0 Å². The Balaban J connectivity index is 1.51. The van der Waals surface area contributed by atoms with Gasteiger partial charge in [-0.25, -0.2) is 9.78 Å². The van der Waals surface area contributed by atoms with Gasteiger partial charge in [0.15, 0.2) is 0 Å². The summed E-state index contributed by atoms with van der Waals surface area (Å²) in [5.74, 6) is 0.563. The van der Waals surface area contributed by atoms with Crippen LogP contribution in [0.2, 0.25) is 0 Å². The van der Waals surface area contributed by atoms with Gasteiger partial charge in [-0.15, -0.1) is 0 Å². The Kier molecular flexibility index (Phi) is 9.02. The molecule has 12 heteroatoms. The van der Waals surface area contributed by atoms with Crippen molar-refractivity contribution in [1.29, 1.82) is 0 Å². The van der Waals surface area contributed by atoms with Crippen LogP contribution in [0.5, 0.6) is 5.75 Å². The van der Waals surface area contributed by atoms with E-state index in [1.807, 2.05) is 42.2 Å². The monoisotopic (exact) mass is 559 g/mol. The molecule has 3 N–H and O–H groups in total. The third kappa shape index (κ3) is 6.90. The van der Waals surface area contributed by atoms with Crippen molar-refractivity contribution in [3.05, 3.63) is 66.9 Å². The Hall–Kier alpha value is -5.13. The molecule has 0 bridgehead atoms. The van der Waals surface area contributed by atoms with Gasteiger partial charge in [-0.3, -0.25) is 9.59 Å². The molecule has 2 amide bonds. The summed E-state index contributed by atoms with van der Waals surface area (Å²) in [5, 5.41) is 9.21. The molecule has 1 fully saturated rings. The van der Waals surface area contributed by atoms with Gasteiger partial charge in [-0.05, 0) is 43.3 Å². The lowest BCUT2D eigenvalue weighted by atomic mass is 10.1. The van der Waals surface area contributed by atoms with Crippen molar-refractivity contribution in [3.63, 3.8) is 0 Å². The first-order chi connectivity index (χ1) is 19.7. The van der Waals surface area contributed by atoms with E-state index in [-0.39, 0.29) is 11.8 Å². The molecule has 3 aromatic rings. The van der Waals surface area contributed by atoms with Crippen LogP contribution in [0.3, 0.4) is 0 Å². The zero-order valence-corrected chi connectivity index (χ0v) is 23.4. The van der Waals surface area contributed by atoms with E-state index in [1.54, 1.807) is 25.4 Å². The van der Waals surface area contributed by atoms with Gasteiger partial charge in [0, 0.05) is 61.4 Å². The zero-order chi connectivity index (χ0) is 29.5. The van der Waals surface area contributed by atoms with Gasteiger partial charge in [0.1, 0.15) is 17.6 Å². The normalized spacial score (nSPS) is 14.6. The number of carbonyl (C=O) groups excluding carboxylic acids is 3. The first-order valence-electron chi connectivity index (χ1n) is 12.9. The first-order valence-corrected chi connectivity index (χ1v) is 12.9. The maximum Gasteiger partial charge on any atom is 0.330 e. The van der Waals surface area contributed by atoms with Gasteiger partial charge in [-0.1, -0.05) is 12.6 Å². The summed E-state index contributed by atoms with van der Waals surface area (Å²) in [5.41, 5.74) is 3.66. The summed E-state index contributed by atoms with van der Waals surface area (Å²) < 4.78 is 10.6. The van der Waals surface area contributed by atoms with Gasteiger partial charge in [0.05, 0.1) is 19.9 Å². The average Bonchev–Trinajstić information content (AvgIpc) is 2.98. The molecule has 0 radical (unpaired) electrons. The zero-order valence-electron chi connectivity index (χ0n) is 23.4. The Morgan fingerprint density at radius 2 is 1.85 bits per heavy atom. The lowest BCUT2D eigenvalue weighted by Crippen LogP contribution is -2.58. The molecule has 4 rings (SSSR count). The lowest BCUT2D eigenvalue weighted by molar-refractivity contribution is -0.152. The van der Waals surface area contributed by atoms with E-state index < -0.39 is 12.0 Å². The van der Waals surface area contributed by atoms with Crippen LogP contribution in [-0.2, 0) is 19.1 Å². The number of nitrogens with one attached hydrogen (secondary N) is 3. The Morgan fingerprint density at radius 1 is 1.07 bits per heavy atom. The van der Waals surface area contributed by atoms with E-state index in [4.69, 9.17) is 9.47 Å². The van der Waals surface area contributed by atoms with Crippen LogP contribution < -0.4 is 25.6 Å². The molecule has 0 saturated carbocycles. The number of benzene rings is 2. The Labute approximate surface area is 238 Å². The molecule has 1 aromatic heterocycles. The van der Waals surface area contributed by atoms with Crippen molar-refractivity contribution < 1.29 is 23.9 Å². The highest BCUT2D eigenvalue weighted by Crippen LogP contribution is 2.33.